The van der Waals surface area contributed by atoms with E-state index in [4.69, 9.17) is 0 Å². The molecule has 74 valence electrons. The highest BCUT2D eigenvalue weighted by atomic mass is 32.1. The van der Waals surface area contributed by atoms with E-state index in [0.29, 0.717) is 0 Å². The predicted octanol–water partition coefficient (Wildman–Crippen LogP) is 3.23. The lowest BCUT2D eigenvalue weighted by atomic mass is 9.77. The van der Waals surface area contributed by atoms with E-state index < -0.39 is 0 Å². The Labute approximate surface area is 86.9 Å². The third kappa shape index (κ3) is 1.12. The lowest BCUT2D eigenvalue weighted by Crippen LogP contribution is -2.22. The first-order valence-corrected chi connectivity index (χ1v) is 6.53. The van der Waals surface area contributed by atoms with Crippen LogP contribution in [0.25, 0.3) is 0 Å². The molecule has 3 saturated carbocycles. The summed E-state index contributed by atoms with van der Waals surface area (Å²) in [6.45, 7) is 2.48. The van der Waals surface area contributed by atoms with Gasteiger partial charge in [0.2, 0.25) is 0 Å². The summed E-state index contributed by atoms with van der Waals surface area (Å²) in [6.07, 6.45) is 6.16. The fourth-order valence-electron chi connectivity index (χ4n) is 4.68. The first kappa shape index (κ1) is 8.64. The zero-order valence-corrected chi connectivity index (χ0v) is 9.34. The Bertz CT molecular complexity index is 213. The SMILES string of the molecule is CC1CC2CC1C1CC(CS)CC21. The van der Waals surface area contributed by atoms with Gasteiger partial charge in [-0.3, -0.25) is 0 Å². The lowest BCUT2D eigenvalue weighted by Gasteiger charge is -2.29. The quantitative estimate of drug-likeness (QED) is 0.612. The molecule has 0 spiro atoms. The molecule has 0 N–H and O–H groups in total. The molecule has 0 aliphatic heterocycles. The van der Waals surface area contributed by atoms with Crippen molar-refractivity contribution in [1.29, 1.82) is 0 Å². The molecular weight excluding hydrogens is 176 g/mol. The van der Waals surface area contributed by atoms with Crippen LogP contribution in [0.1, 0.15) is 32.6 Å². The Morgan fingerprint density at radius 1 is 1.00 bits per heavy atom. The van der Waals surface area contributed by atoms with E-state index >= 15 is 0 Å². The van der Waals surface area contributed by atoms with Crippen molar-refractivity contribution in [3.05, 3.63) is 0 Å². The average Bonchev–Trinajstić information content (AvgIpc) is 2.71. The Kier molecular flexibility index (Phi) is 1.94. The van der Waals surface area contributed by atoms with Crippen LogP contribution in [-0.2, 0) is 0 Å². The largest absolute Gasteiger partial charge is 0.179 e. The molecule has 3 aliphatic carbocycles. The second-order valence-electron chi connectivity index (χ2n) is 5.72. The van der Waals surface area contributed by atoms with Gasteiger partial charge in [0.25, 0.3) is 0 Å². The van der Waals surface area contributed by atoms with Crippen molar-refractivity contribution < 1.29 is 0 Å². The van der Waals surface area contributed by atoms with Crippen LogP contribution < -0.4 is 0 Å². The first-order chi connectivity index (χ1) is 6.29. The van der Waals surface area contributed by atoms with Crippen molar-refractivity contribution in [2.24, 2.45) is 35.5 Å². The minimum Gasteiger partial charge on any atom is -0.179 e. The Hall–Kier alpha value is 0.350. The first-order valence-electron chi connectivity index (χ1n) is 5.90. The molecule has 3 rings (SSSR count). The topological polar surface area (TPSA) is 0 Å². The van der Waals surface area contributed by atoms with E-state index in [-0.39, 0.29) is 0 Å². The summed E-state index contributed by atoms with van der Waals surface area (Å²) in [4.78, 5) is 0. The summed E-state index contributed by atoms with van der Waals surface area (Å²) in [6, 6.07) is 0. The Morgan fingerprint density at radius 3 is 2.54 bits per heavy atom. The highest BCUT2D eigenvalue weighted by Gasteiger charge is 2.54. The van der Waals surface area contributed by atoms with Crippen molar-refractivity contribution >= 4 is 12.6 Å². The molecule has 0 heterocycles. The molecule has 0 nitrogen and oxygen atoms in total. The van der Waals surface area contributed by atoms with Crippen LogP contribution >= 0.6 is 12.6 Å². The minimum atomic E-state index is 0.967. The zero-order valence-electron chi connectivity index (χ0n) is 8.45. The van der Waals surface area contributed by atoms with Gasteiger partial charge in [-0.1, -0.05) is 6.92 Å². The van der Waals surface area contributed by atoms with Gasteiger partial charge in [0, 0.05) is 0 Å². The maximum Gasteiger partial charge on any atom is -0.00693 e. The van der Waals surface area contributed by atoms with E-state index in [1.165, 1.54) is 12.8 Å². The summed E-state index contributed by atoms with van der Waals surface area (Å²) >= 11 is 4.46. The van der Waals surface area contributed by atoms with Gasteiger partial charge in [-0.15, -0.1) is 0 Å². The molecular formula is C12H20S. The summed E-state index contributed by atoms with van der Waals surface area (Å²) in [5.41, 5.74) is 0. The fourth-order valence-corrected chi connectivity index (χ4v) is 4.97. The van der Waals surface area contributed by atoms with Crippen molar-refractivity contribution in [2.75, 3.05) is 5.75 Å². The van der Waals surface area contributed by atoms with Crippen LogP contribution in [0.4, 0.5) is 0 Å². The van der Waals surface area contributed by atoms with Gasteiger partial charge in [0.05, 0.1) is 0 Å². The van der Waals surface area contributed by atoms with Crippen LogP contribution in [0.2, 0.25) is 0 Å². The van der Waals surface area contributed by atoms with Gasteiger partial charge < -0.3 is 0 Å². The van der Waals surface area contributed by atoms with E-state index in [2.05, 4.69) is 19.6 Å². The Morgan fingerprint density at radius 2 is 1.77 bits per heavy atom. The highest BCUT2D eigenvalue weighted by molar-refractivity contribution is 7.80. The minimum absolute atomic E-state index is 0.967. The summed E-state index contributed by atoms with van der Waals surface area (Å²) in [7, 11) is 0. The standard InChI is InChI=1S/C12H20S/c1-7-2-9-5-10(7)12-4-8(6-13)3-11(9)12/h7-13H,2-6H2,1H3. The van der Waals surface area contributed by atoms with Crippen LogP contribution in [0.3, 0.4) is 0 Å². The number of hydrogen-bond donors (Lipinski definition) is 1. The van der Waals surface area contributed by atoms with Crippen LogP contribution in [0, 0.1) is 35.5 Å². The summed E-state index contributed by atoms with van der Waals surface area (Å²) < 4.78 is 0. The van der Waals surface area contributed by atoms with Crippen LogP contribution in [-0.4, -0.2) is 5.75 Å². The van der Waals surface area contributed by atoms with Gasteiger partial charge in [-0.05, 0) is 66.9 Å². The second-order valence-corrected chi connectivity index (χ2v) is 6.09. The molecule has 0 amide bonds. The van der Waals surface area contributed by atoms with Gasteiger partial charge in [0.1, 0.15) is 0 Å². The molecule has 0 saturated heterocycles. The van der Waals surface area contributed by atoms with Gasteiger partial charge in [-0.2, -0.15) is 12.6 Å². The molecule has 6 unspecified atom stereocenters. The molecule has 6 atom stereocenters. The lowest BCUT2D eigenvalue weighted by molar-refractivity contribution is 0.201. The molecule has 0 aromatic carbocycles. The van der Waals surface area contributed by atoms with E-state index in [1.807, 2.05) is 0 Å². The molecule has 0 aromatic heterocycles. The summed E-state index contributed by atoms with van der Waals surface area (Å²) in [5, 5.41) is 0. The van der Waals surface area contributed by atoms with Crippen LogP contribution in [0.15, 0.2) is 0 Å². The number of fused-ring (bicyclic) bond motifs is 5. The third-order valence-electron chi connectivity index (χ3n) is 5.15. The molecule has 3 aliphatic rings. The maximum absolute atomic E-state index is 4.46. The smallest absolute Gasteiger partial charge is 0.00693 e. The number of thiol groups is 1. The molecule has 1 heteroatoms. The molecule has 0 radical (unpaired) electrons. The average molecular weight is 196 g/mol. The number of rotatable bonds is 1. The Balaban J connectivity index is 1.79. The van der Waals surface area contributed by atoms with Crippen molar-refractivity contribution in [3.63, 3.8) is 0 Å². The van der Waals surface area contributed by atoms with Crippen molar-refractivity contribution in [2.45, 2.75) is 32.6 Å². The van der Waals surface area contributed by atoms with E-state index in [9.17, 15) is 0 Å². The monoisotopic (exact) mass is 196 g/mol. The van der Waals surface area contributed by atoms with Gasteiger partial charge in [0.15, 0.2) is 0 Å². The normalized spacial score (nSPS) is 58.6. The van der Waals surface area contributed by atoms with E-state index in [1.54, 1.807) is 12.8 Å². The fraction of sp³-hybridized carbons (Fsp3) is 1.00. The summed E-state index contributed by atoms with van der Waals surface area (Å²) in [5.74, 6) is 7.62. The van der Waals surface area contributed by atoms with Gasteiger partial charge >= 0.3 is 0 Å². The number of hydrogen-bond acceptors (Lipinski definition) is 1. The zero-order chi connectivity index (χ0) is 9.00. The van der Waals surface area contributed by atoms with E-state index in [0.717, 1.165) is 41.3 Å². The van der Waals surface area contributed by atoms with Crippen LogP contribution in [0.5, 0.6) is 0 Å². The highest BCUT2D eigenvalue weighted by Crippen LogP contribution is 2.62. The second kappa shape index (κ2) is 2.92. The van der Waals surface area contributed by atoms with Crippen molar-refractivity contribution in [3.8, 4) is 0 Å². The predicted molar refractivity (Wildman–Crippen MR) is 58.9 cm³/mol. The third-order valence-corrected chi connectivity index (χ3v) is 5.67. The molecule has 0 aromatic rings. The maximum atomic E-state index is 4.46. The van der Waals surface area contributed by atoms with Crippen molar-refractivity contribution in [1.82, 2.24) is 0 Å². The molecule has 3 fully saturated rings. The molecule has 13 heavy (non-hydrogen) atoms. The van der Waals surface area contributed by atoms with Gasteiger partial charge in [-0.25, -0.2) is 0 Å². The molecule has 2 bridgehead atoms.